The first kappa shape index (κ1) is 28.6. The van der Waals surface area contributed by atoms with Gasteiger partial charge in [0.2, 0.25) is 0 Å². The topological polar surface area (TPSA) is 93.1 Å². The van der Waals surface area contributed by atoms with Gasteiger partial charge in [0.25, 0.3) is 0 Å². The monoisotopic (exact) mass is 568 g/mol. The number of hydrogen-bond acceptors (Lipinski definition) is 5. The summed E-state index contributed by atoms with van der Waals surface area (Å²) in [4.78, 5) is 16.7. The predicted molar refractivity (Wildman–Crippen MR) is 150 cm³/mol. The summed E-state index contributed by atoms with van der Waals surface area (Å²) < 4.78 is 42.5. The summed E-state index contributed by atoms with van der Waals surface area (Å²) in [6.07, 6.45) is -1.89. The van der Waals surface area contributed by atoms with E-state index >= 15 is 0 Å². The van der Waals surface area contributed by atoms with Crippen molar-refractivity contribution in [2.45, 2.75) is 33.1 Å². The highest BCUT2D eigenvalue weighted by atomic mass is 32.1. The second-order valence-corrected chi connectivity index (χ2v) is 9.21. The number of nitrogens with zero attached hydrogens (tertiary/aromatic N) is 3. The maximum absolute atomic E-state index is 12.4. The van der Waals surface area contributed by atoms with Crippen molar-refractivity contribution in [3.05, 3.63) is 89.7 Å². The fraction of sp³-hybridized carbons (Fsp3) is 0.214. The Hall–Kier alpha value is -4.45. The van der Waals surface area contributed by atoms with Gasteiger partial charge in [-0.25, -0.2) is 14.5 Å². The number of hydrogen-bond donors (Lipinski definition) is 3. The molecule has 1 heterocycles. The number of amides is 2. The van der Waals surface area contributed by atoms with Gasteiger partial charge in [0.05, 0.1) is 5.69 Å². The lowest BCUT2D eigenvalue weighted by molar-refractivity contribution is -0.274. The van der Waals surface area contributed by atoms with Crippen LogP contribution < -0.4 is 20.7 Å². The van der Waals surface area contributed by atoms with Gasteiger partial charge in [0, 0.05) is 17.8 Å². The van der Waals surface area contributed by atoms with Gasteiger partial charge >= 0.3 is 12.4 Å². The SMILES string of the molecule is CCc1cccc(C)c1NC(=S)NC(=O)NCCc1cccc(-c2ncn(-c3ccc(OC(F)(F)F)cc3)n2)c1. The van der Waals surface area contributed by atoms with Gasteiger partial charge in [-0.2, -0.15) is 0 Å². The average Bonchev–Trinajstić information content (AvgIpc) is 3.40. The number of halogens is 3. The first-order chi connectivity index (χ1) is 19.1. The third-order valence-corrected chi connectivity index (χ3v) is 6.12. The fourth-order valence-electron chi connectivity index (χ4n) is 4.00. The van der Waals surface area contributed by atoms with Crippen molar-refractivity contribution in [1.82, 2.24) is 25.4 Å². The third kappa shape index (κ3) is 7.79. The highest BCUT2D eigenvalue weighted by Crippen LogP contribution is 2.24. The number of urea groups is 1. The van der Waals surface area contributed by atoms with Gasteiger partial charge < -0.3 is 15.4 Å². The first-order valence-electron chi connectivity index (χ1n) is 12.4. The molecule has 0 spiro atoms. The molecule has 1 aromatic heterocycles. The lowest BCUT2D eigenvalue weighted by atomic mass is 10.1. The van der Waals surface area contributed by atoms with Crippen LogP contribution in [-0.2, 0) is 12.8 Å². The van der Waals surface area contributed by atoms with E-state index < -0.39 is 12.4 Å². The summed E-state index contributed by atoms with van der Waals surface area (Å²) in [6.45, 7) is 4.40. The Morgan fingerprint density at radius 1 is 1.07 bits per heavy atom. The Morgan fingerprint density at radius 3 is 2.55 bits per heavy atom. The summed E-state index contributed by atoms with van der Waals surface area (Å²) in [5.74, 6) is 0.129. The van der Waals surface area contributed by atoms with Crippen LogP contribution in [0.5, 0.6) is 5.75 Å². The zero-order valence-electron chi connectivity index (χ0n) is 21.7. The number of thiocarbonyl (C=S) groups is 1. The van der Waals surface area contributed by atoms with Crippen molar-refractivity contribution >= 4 is 29.0 Å². The zero-order chi connectivity index (χ0) is 28.7. The second-order valence-electron chi connectivity index (χ2n) is 8.80. The maximum atomic E-state index is 12.4. The minimum absolute atomic E-state index is 0.215. The first-order valence-corrected chi connectivity index (χ1v) is 12.8. The molecule has 0 saturated carbocycles. The van der Waals surface area contributed by atoms with Crippen LogP contribution in [0.3, 0.4) is 0 Å². The molecule has 0 fully saturated rings. The van der Waals surface area contributed by atoms with Crippen LogP contribution >= 0.6 is 12.2 Å². The average molecular weight is 569 g/mol. The summed E-state index contributed by atoms with van der Waals surface area (Å²) in [7, 11) is 0. The van der Waals surface area contributed by atoms with Crippen LogP contribution in [0.15, 0.2) is 73.1 Å². The van der Waals surface area contributed by atoms with Crippen molar-refractivity contribution in [1.29, 1.82) is 0 Å². The molecular weight excluding hydrogens is 541 g/mol. The van der Waals surface area contributed by atoms with Gasteiger partial charge in [-0.05, 0) is 79.0 Å². The van der Waals surface area contributed by atoms with Crippen molar-refractivity contribution in [3.8, 4) is 22.8 Å². The maximum Gasteiger partial charge on any atom is 0.573 e. The number of benzene rings is 3. The van der Waals surface area contributed by atoms with Gasteiger partial charge in [-0.3, -0.25) is 5.32 Å². The number of nitrogens with one attached hydrogen (secondary N) is 3. The van der Waals surface area contributed by atoms with Crippen LogP contribution in [0.4, 0.5) is 23.7 Å². The normalized spacial score (nSPS) is 11.1. The smallest absolute Gasteiger partial charge is 0.406 e. The van der Waals surface area contributed by atoms with Crippen molar-refractivity contribution in [2.75, 3.05) is 11.9 Å². The number of rotatable bonds is 8. The molecule has 4 rings (SSSR count). The number of anilines is 1. The number of alkyl halides is 3. The second kappa shape index (κ2) is 12.6. The van der Waals surface area contributed by atoms with E-state index in [-0.39, 0.29) is 10.9 Å². The van der Waals surface area contributed by atoms with Gasteiger partial charge in [-0.15, -0.1) is 18.3 Å². The van der Waals surface area contributed by atoms with Crippen molar-refractivity contribution in [3.63, 3.8) is 0 Å². The van der Waals surface area contributed by atoms with Gasteiger partial charge in [-0.1, -0.05) is 43.3 Å². The van der Waals surface area contributed by atoms with Crippen LogP contribution in [0, 0.1) is 6.92 Å². The molecule has 3 aromatic carbocycles. The summed E-state index contributed by atoms with van der Waals surface area (Å²) in [6, 6.07) is 18.5. The number of para-hydroxylation sites is 1. The Labute approximate surface area is 234 Å². The molecular formula is C28H27F3N6O2S. The van der Waals surface area contributed by atoms with Crippen molar-refractivity contribution in [2.24, 2.45) is 0 Å². The number of ether oxygens (including phenoxy) is 1. The van der Waals surface area contributed by atoms with Gasteiger partial charge in [0.1, 0.15) is 12.1 Å². The van der Waals surface area contributed by atoms with E-state index in [1.54, 1.807) is 0 Å². The van der Waals surface area contributed by atoms with E-state index in [1.807, 2.05) is 49.4 Å². The zero-order valence-corrected chi connectivity index (χ0v) is 22.6. The van der Waals surface area contributed by atoms with E-state index in [9.17, 15) is 18.0 Å². The molecule has 0 aliphatic heterocycles. The van der Waals surface area contributed by atoms with Crippen LogP contribution in [-0.4, -0.2) is 38.8 Å². The van der Waals surface area contributed by atoms with Crippen LogP contribution in [0.1, 0.15) is 23.6 Å². The summed E-state index contributed by atoms with van der Waals surface area (Å²) in [5, 5.41) is 13.2. The fourth-order valence-corrected chi connectivity index (χ4v) is 4.20. The molecule has 0 unspecified atom stereocenters. The predicted octanol–water partition coefficient (Wildman–Crippen LogP) is 5.94. The molecule has 4 aromatic rings. The minimum Gasteiger partial charge on any atom is -0.406 e. The molecule has 3 N–H and O–H groups in total. The number of carbonyl (C=O) groups is 1. The van der Waals surface area contributed by atoms with Crippen molar-refractivity contribution < 1.29 is 22.7 Å². The molecule has 0 aliphatic rings. The molecule has 0 atom stereocenters. The minimum atomic E-state index is -4.75. The van der Waals surface area contributed by atoms with E-state index in [0.717, 1.165) is 34.4 Å². The number of carbonyl (C=O) groups excluding carboxylic acids is 1. The highest BCUT2D eigenvalue weighted by Gasteiger charge is 2.31. The van der Waals surface area contributed by atoms with E-state index in [1.165, 1.54) is 35.3 Å². The molecule has 0 radical (unpaired) electrons. The molecule has 2 amide bonds. The van der Waals surface area contributed by atoms with E-state index in [0.29, 0.717) is 24.5 Å². The highest BCUT2D eigenvalue weighted by molar-refractivity contribution is 7.80. The lowest BCUT2D eigenvalue weighted by Crippen LogP contribution is -2.42. The molecule has 0 bridgehead atoms. The Bertz CT molecular complexity index is 1490. The van der Waals surface area contributed by atoms with Crippen LogP contribution in [0.2, 0.25) is 0 Å². The summed E-state index contributed by atoms with van der Waals surface area (Å²) >= 11 is 5.31. The Balaban J connectivity index is 1.30. The number of aryl methyl sites for hydroxylation is 2. The molecule has 208 valence electrons. The largest absolute Gasteiger partial charge is 0.573 e. The molecule has 0 saturated heterocycles. The number of aromatic nitrogens is 3. The van der Waals surface area contributed by atoms with Crippen LogP contribution in [0.25, 0.3) is 17.1 Å². The molecule has 0 aliphatic carbocycles. The Morgan fingerprint density at radius 2 is 1.82 bits per heavy atom. The summed E-state index contributed by atoms with van der Waals surface area (Å²) in [5.41, 5.74) is 5.29. The molecule has 8 nitrogen and oxygen atoms in total. The molecule has 40 heavy (non-hydrogen) atoms. The quantitative estimate of drug-likeness (QED) is 0.228. The Kier molecular flexibility index (Phi) is 9.00. The lowest BCUT2D eigenvalue weighted by Gasteiger charge is -2.15. The van der Waals surface area contributed by atoms with Gasteiger partial charge in [0.15, 0.2) is 10.9 Å². The standard InChI is InChI=1S/C28H27F3N6O2S/c1-3-20-8-4-6-18(2)24(20)34-27(40)35-26(38)32-15-14-19-7-5-9-21(16-19)25-33-17-37(36-25)22-10-12-23(13-11-22)39-28(29,30)31/h4-13,16-17H,3,14-15H2,1-2H3,(H3,32,34,35,38,40). The van der Waals surface area contributed by atoms with E-state index in [2.05, 4.69) is 37.7 Å². The van der Waals surface area contributed by atoms with E-state index in [4.69, 9.17) is 12.2 Å². The third-order valence-electron chi connectivity index (χ3n) is 5.92. The molecule has 12 heteroatoms.